The molecule has 27 heavy (non-hydrogen) atoms. The van der Waals surface area contributed by atoms with Gasteiger partial charge in [0.2, 0.25) is 11.8 Å². The third-order valence-electron chi connectivity index (χ3n) is 5.30. The quantitative estimate of drug-likeness (QED) is 0.744. The Labute approximate surface area is 159 Å². The number of hydrogen-bond acceptors (Lipinski definition) is 6. The average Bonchev–Trinajstić information content (AvgIpc) is 3.46. The molecule has 0 atom stereocenters. The van der Waals surface area contributed by atoms with Gasteiger partial charge in [-0.1, -0.05) is 17.3 Å². The number of methoxy groups -OCH3 is 1. The molecule has 2 fully saturated rings. The van der Waals surface area contributed by atoms with Crippen LogP contribution in [0.2, 0.25) is 0 Å². The fraction of sp³-hybridized carbons (Fsp3) is 0.550. The molecule has 1 saturated heterocycles. The summed E-state index contributed by atoms with van der Waals surface area (Å²) in [6, 6.07) is 7.91. The first kappa shape index (κ1) is 18.0. The van der Waals surface area contributed by atoms with Gasteiger partial charge in [-0.15, -0.1) is 0 Å². The summed E-state index contributed by atoms with van der Waals surface area (Å²) in [6.07, 6.45) is 3.66. The second-order valence-corrected chi connectivity index (χ2v) is 7.33. The smallest absolute Gasteiger partial charge is 0.240 e. The van der Waals surface area contributed by atoms with Gasteiger partial charge in [-0.2, -0.15) is 4.98 Å². The van der Waals surface area contributed by atoms with Gasteiger partial charge >= 0.3 is 0 Å². The van der Waals surface area contributed by atoms with Crippen LogP contribution in [0.1, 0.15) is 42.5 Å². The molecule has 0 bridgehead atoms. The number of piperazine rings is 1. The average molecular weight is 370 g/mol. The van der Waals surface area contributed by atoms with Gasteiger partial charge in [0, 0.05) is 38.5 Å². The van der Waals surface area contributed by atoms with Crippen molar-refractivity contribution in [2.75, 3.05) is 33.3 Å². The maximum atomic E-state index is 12.5. The molecule has 4 rings (SSSR count). The highest BCUT2D eigenvalue weighted by atomic mass is 16.5. The molecule has 1 aromatic carbocycles. The highest BCUT2D eigenvalue weighted by Crippen LogP contribution is 2.38. The maximum Gasteiger partial charge on any atom is 0.240 e. The van der Waals surface area contributed by atoms with Gasteiger partial charge in [0.1, 0.15) is 5.75 Å². The Hall–Kier alpha value is -2.41. The second kappa shape index (κ2) is 8.08. The SMILES string of the molecule is COc1ccc(CCC(=O)N2CCN(Cc3nc(C4CC4)no3)CC2)cc1. The van der Waals surface area contributed by atoms with Crippen molar-refractivity contribution in [2.24, 2.45) is 0 Å². The molecule has 0 N–H and O–H groups in total. The minimum absolute atomic E-state index is 0.222. The fourth-order valence-electron chi connectivity index (χ4n) is 3.39. The Bertz CT molecular complexity index is 762. The van der Waals surface area contributed by atoms with E-state index in [0.29, 0.717) is 24.8 Å². The van der Waals surface area contributed by atoms with Crippen LogP contribution in [0.3, 0.4) is 0 Å². The zero-order chi connectivity index (χ0) is 18.6. The van der Waals surface area contributed by atoms with E-state index < -0.39 is 0 Å². The molecule has 1 aliphatic heterocycles. The van der Waals surface area contributed by atoms with Crippen LogP contribution in [0.15, 0.2) is 28.8 Å². The van der Waals surface area contributed by atoms with E-state index >= 15 is 0 Å². The third kappa shape index (κ3) is 4.66. The molecular formula is C20H26N4O3. The Morgan fingerprint density at radius 3 is 2.59 bits per heavy atom. The van der Waals surface area contributed by atoms with E-state index in [1.165, 1.54) is 12.8 Å². The van der Waals surface area contributed by atoms with Crippen molar-refractivity contribution in [1.82, 2.24) is 19.9 Å². The molecule has 1 aliphatic carbocycles. The molecule has 144 valence electrons. The van der Waals surface area contributed by atoms with Gasteiger partial charge in [0.05, 0.1) is 13.7 Å². The molecule has 0 radical (unpaired) electrons. The van der Waals surface area contributed by atoms with Crippen molar-refractivity contribution in [3.63, 3.8) is 0 Å². The van der Waals surface area contributed by atoms with E-state index in [-0.39, 0.29) is 5.91 Å². The van der Waals surface area contributed by atoms with E-state index in [1.54, 1.807) is 7.11 Å². The fourth-order valence-corrected chi connectivity index (χ4v) is 3.39. The minimum Gasteiger partial charge on any atom is -0.497 e. The molecule has 1 aromatic heterocycles. The van der Waals surface area contributed by atoms with E-state index in [0.717, 1.165) is 49.7 Å². The standard InChI is InChI=1S/C20H26N4O3/c1-26-17-7-2-15(3-8-17)4-9-19(25)24-12-10-23(11-13-24)14-18-21-20(22-27-18)16-5-6-16/h2-3,7-8,16H,4-6,9-14H2,1H3. The third-order valence-corrected chi connectivity index (χ3v) is 5.30. The largest absolute Gasteiger partial charge is 0.497 e. The summed E-state index contributed by atoms with van der Waals surface area (Å²) < 4.78 is 10.5. The summed E-state index contributed by atoms with van der Waals surface area (Å²) in [5.74, 6) is 3.13. The van der Waals surface area contributed by atoms with Crippen LogP contribution in [0.4, 0.5) is 0 Å². The first-order chi connectivity index (χ1) is 13.2. The zero-order valence-electron chi connectivity index (χ0n) is 15.8. The van der Waals surface area contributed by atoms with Crippen molar-refractivity contribution < 1.29 is 14.1 Å². The van der Waals surface area contributed by atoms with Crippen LogP contribution in [0.5, 0.6) is 5.75 Å². The Morgan fingerprint density at radius 2 is 1.93 bits per heavy atom. The predicted molar refractivity (Wildman–Crippen MR) is 99.4 cm³/mol. The van der Waals surface area contributed by atoms with E-state index in [1.807, 2.05) is 29.2 Å². The molecule has 2 aliphatic rings. The monoisotopic (exact) mass is 370 g/mol. The van der Waals surface area contributed by atoms with Gasteiger partial charge in [0.25, 0.3) is 0 Å². The van der Waals surface area contributed by atoms with Crippen LogP contribution in [-0.4, -0.2) is 59.1 Å². The first-order valence-corrected chi connectivity index (χ1v) is 9.67. The highest BCUT2D eigenvalue weighted by molar-refractivity contribution is 5.76. The lowest BCUT2D eigenvalue weighted by Crippen LogP contribution is -2.48. The van der Waals surface area contributed by atoms with Gasteiger partial charge in [-0.3, -0.25) is 9.69 Å². The summed E-state index contributed by atoms with van der Waals surface area (Å²) in [7, 11) is 1.66. The van der Waals surface area contributed by atoms with Crippen molar-refractivity contribution >= 4 is 5.91 Å². The number of aromatic nitrogens is 2. The molecule has 1 saturated carbocycles. The molecule has 7 nitrogen and oxygen atoms in total. The molecule has 2 heterocycles. The van der Waals surface area contributed by atoms with Gasteiger partial charge < -0.3 is 14.2 Å². The summed E-state index contributed by atoms with van der Waals surface area (Å²) in [5.41, 5.74) is 1.16. The lowest BCUT2D eigenvalue weighted by Gasteiger charge is -2.34. The van der Waals surface area contributed by atoms with Crippen molar-refractivity contribution in [1.29, 1.82) is 0 Å². The van der Waals surface area contributed by atoms with E-state index in [2.05, 4.69) is 15.0 Å². The number of ether oxygens (including phenoxy) is 1. The van der Waals surface area contributed by atoms with E-state index in [4.69, 9.17) is 9.26 Å². The second-order valence-electron chi connectivity index (χ2n) is 7.33. The number of hydrogen-bond donors (Lipinski definition) is 0. The maximum absolute atomic E-state index is 12.5. The number of nitrogens with zero attached hydrogens (tertiary/aromatic N) is 4. The predicted octanol–water partition coefficient (Wildman–Crippen LogP) is 2.23. The van der Waals surface area contributed by atoms with Crippen LogP contribution in [-0.2, 0) is 17.8 Å². The number of carbonyl (C=O) groups is 1. The van der Waals surface area contributed by atoms with Crippen LogP contribution >= 0.6 is 0 Å². The van der Waals surface area contributed by atoms with Gasteiger partial charge in [-0.25, -0.2) is 0 Å². The van der Waals surface area contributed by atoms with Crippen LogP contribution < -0.4 is 4.74 Å². The number of amides is 1. The molecule has 2 aromatic rings. The Balaban J connectivity index is 1.20. The summed E-state index contributed by atoms with van der Waals surface area (Å²) >= 11 is 0. The lowest BCUT2D eigenvalue weighted by molar-refractivity contribution is -0.133. The van der Waals surface area contributed by atoms with Crippen molar-refractivity contribution in [3.05, 3.63) is 41.5 Å². The Kier molecular flexibility index (Phi) is 5.38. The van der Waals surface area contributed by atoms with Crippen molar-refractivity contribution in [2.45, 2.75) is 38.1 Å². The summed E-state index contributed by atoms with van der Waals surface area (Å²) in [4.78, 5) is 21.2. The van der Waals surface area contributed by atoms with Crippen LogP contribution in [0.25, 0.3) is 0 Å². The molecule has 1 amide bonds. The summed E-state index contributed by atoms with van der Waals surface area (Å²) in [6.45, 7) is 3.87. The minimum atomic E-state index is 0.222. The number of carbonyl (C=O) groups excluding carboxylic acids is 1. The number of rotatable bonds is 7. The highest BCUT2D eigenvalue weighted by Gasteiger charge is 2.29. The van der Waals surface area contributed by atoms with E-state index in [9.17, 15) is 4.79 Å². The van der Waals surface area contributed by atoms with Gasteiger partial charge in [-0.05, 0) is 37.0 Å². The molecule has 0 spiro atoms. The summed E-state index contributed by atoms with van der Waals surface area (Å²) in [5, 5.41) is 4.07. The molecular weight excluding hydrogens is 344 g/mol. The molecule has 7 heteroatoms. The Morgan fingerprint density at radius 1 is 1.19 bits per heavy atom. The van der Waals surface area contributed by atoms with Crippen molar-refractivity contribution in [3.8, 4) is 5.75 Å². The van der Waals surface area contributed by atoms with Gasteiger partial charge in [0.15, 0.2) is 5.82 Å². The number of aryl methyl sites for hydroxylation is 1. The zero-order valence-corrected chi connectivity index (χ0v) is 15.8. The first-order valence-electron chi connectivity index (χ1n) is 9.67. The number of benzene rings is 1. The molecule has 0 unspecified atom stereocenters. The topological polar surface area (TPSA) is 71.7 Å². The lowest BCUT2D eigenvalue weighted by atomic mass is 10.1. The normalized spacial score (nSPS) is 17.9. The van der Waals surface area contributed by atoms with Crippen LogP contribution in [0, 0.1) is 0 Å².